The van der Waals surface area contributed by atoms with Gasteiger partial charge in [-0.1, -0.05) is 0 Å². The molecule has 2 heterocycles. The van der Waals surface area contributed by atoms with E-state index in [1.165, 1.54) is 24.6 Å². The van der Waals surface area contributed by atoms with Gasteiger partial charge in [-0.25, -0.2) is 4.98 Å². The minimum Gasteiger partial charge on any atom is -0.384 e. The number of aromatic nitrogens is 1. The van der Waals surface area contributed by atoms with E-state index in [0.717, 1.165) is 24.6 Å². The molecule has 17 heavy (non-hydrogen) atoms. The van der Waals surface area contributed by atoms with Gasteiger partial charge in [0.25, 0.3) is 0 Å². The molecule has 0 aliphatic carbocycles. The molecule has 0 aromatic carbocycles. The highest BCUT2D eigenvalue weighted by atomic mass is 32.2. The average Bonchev–Trinajstić information content (AvgIpc) is 2.40. The monoisotopic (exact) mass is 252 g/mol. The Kier molecular flexibility index (Phi) is 4.94. The summed E-state index contributed by atoms with van der Waals surface area (Å²) in [6.45, 7) is 4.57. The molecule has 0 amide bonds. The molecule has 0 spiro atoms. The van der Waals surface area contributed by atoms with Gasteiger partial charge in [0.2, 0.25) is 0 Å². The lowest BCUT2D eigenvalue weighted by molar-refractivity contribution is 0.314. The average molecular weight is 252 g/mol. The highest BCUT2D eigenvalue weighted by molar-refractivity contribution is 7.99. The van der Waals surface area contributed by atoms with E-state index in [2.05, 4.69) is 32.3 Å². The van der Waals surface area contributed by atoms with Gasteiger partial charge in [-0.05, 0) is 6.07 Å². The van der Waals surface area contributed by atoms with Gasteiger partial charge in [-0.15, -0.1) is 0 Å². The van der Waals surface area contributed by atoms with E-state index in [9.17, 15) is 0 Å². The predicted molar refractivity (Wildman–Crippen MR) is 76.0 cm³/mol. The smallest absolute Gasteiger partial charge is 0.127 e. The Labute approximate surface area is 107 Å². The van der Waals surface area contributed by atoms with Crippen LogP contribution in [0, 0.1) is 0 Å². The SMILES string of the molecule is CNc1cc(NCCN2CCSCC2)ccn1. The molecule has 4 nitrogen and oxygen atoms in total. The standard InChI is InChI=1S/C12H20N4S/c1-13-12-10-11(2-3-15-12)14-4-5-16-6-8-17-9-7-16/h2-3,10H,4-9H2,1H3,(H2,13,14,15). The number of hydrogen-bond donors (Lipinski definition) is 2. The third kappa shape index (κ3) is 4.09. The van der Waals surface area contributed by atoms with Crippen molar-refractivity contribution in [3.63, 3.8) is 0 Å². The van der Waals surface area contributed by atoms with E-state index in [0.29, 0.717) is 0 Å². The van der Waals surface area contributed by atoms with Gasteiger partial charge >= 0.3 is 0 Å². The Balaban J connectivity index is 1.73. The number of rotatable bonds is 5. The Morgan fingerprint density at radius 3 is 3.00 bits per heavy atom. The largest absolute Gasteiger partial charge is 0.384 e. The molecule has 1 aromatic heterocycles. The van der Waals surface area contributed by atoms with Crippen molar-refractivity contribution in [2.75, 3.05) is 55.4 Å². The Morgan fingerprint density at radius 2 is 2.24 bits per heavy atom. The van der Waals surface area contributed by atoms with Gasteiger partial charge in [0, 0.05) is 62.7 Å². The molecule has 94 valence electrons. The van der Waals surface area contributed by atoms with Gasteiger partial charge in [-0.2, -0.15) is 11.8 Å². The van der Waals surface area contributed by atoms with Crippen LogP contribution in [0.2, 0.25) is 0 Å². The third-order valence-electron chi connectivity index (χ3n) is 2.88. The first kappa shape index (κ1) is 12.5. The van der Waals surface area contributed by atoms with Crippen molar-refractivity contribution in [2.24, 2.45) is 0 Å². The first-order valence-electron chi connectivity index (χ1n) is 6.06. The summed E-state index contributed by atoms with van der Waals surface area (Å²) in [5.74, 6) is 3.46. The van der Waals surface area contributed by atoms with Crippen molar-refractivity contribution in [1.82, 2.24) is 9.88 Å². The van der Waals surface area contributed by atoms with Gasteiger partial charge in [0.1, 0.15) is 5.82 Å². The zero-order chi connectivity index (χ0) is 11.9. The quantitative estimate of drug-likeness (QED) is 0.833. The maximum absolute atomic E-state index is 4.19. The van der Waals surface area contributed by atoms with E-state index < -0.39 is 0 Å². The topological polar surface area (TPSA) is 40.2 Å². The second kappa shape index (κ2) is 6.71. The maximum atomic E-state index is 4.19. The third-order valence-corrected chi connectivity index (χ3v) is 3.82. The van der Waals surface area contributed by atoms with Gasteiger partial charge in [0.15, 0.2) is 0 Å². The molecule has 2 N–H and O–H groups in total. The summed E-state index contributed by atoms with van der Waals surface area (Å²) >= 11 is 2.05. The molecule has 0 saturated carbocycles. The highest BCUT2D eigenvalue weighted by Crippen LogP contribution is 2.11. The van der Waals surface area contributed by atoms with E-state index in [-0.39, 0.29) is 0 Å². The van der Waals surface area contributed by atoms with E-state index >= 15 is 0 Å². The minimum absolute atomic E-state index is 0.907. The van der Waals surface area contributed by atoms with Crippen LogP contribution >= 0.6 is 11.8 Å². The van der Waals surface area contributed by atoms with Crippen LogP contribution in [0.1, 0.15) is 0 Å². The normalized spacial score (nSPS) is 16.8. The highest BCUT2D eigenvalue weighted by Gasteiger charge is 2.09. The molecule has 5 heteroatoms. The Hall–Kier alpha value is -0.940. The predicted octanol–water partition coefficient (Wildman–Crippen LogP) is 1.58. The zero-order valence-corrected chi connectivity index (χ0v) is 11.1. The van der Waals surface area contributed by atoms with Crippen molar-refractivity contribution in [2.45, 2.75) is 0 Å². The number of nitrogens with one attached hydrogen (secondary N) is 2. The Bertz CT molecular complexity index is 339. The van der Waals surface area contributed by atoms with Crippen LogP contribution < -0.4 is 10.6 Å². The van der Waals surface area contributed by atoms with Crippen molar-refractivity contribution in [3.05, 3.63) is 18.3 Å². The lowest BCUT2D eigenvalue weighted by atomic mass is 10.3. The zero-order valence-electron chi connectivity index (χ0n) is 10.3. The molecule has 0 unspecified atom stereocenters. The Morgan fingerprint density at radius 1 is 1.41 bits per heavy atom. The van der Waals surface area contributed by atoms with Crippen LogP contribution in [0.15, 0.2) is 18.3 Å². The summed E-state index contributed by atoms with van der Waals surface area (Å²) in [6, 6.07) is 4.04. The van der Waals surface area contributed by atoms with Crippen molar-refractivity contribution >= 4 is 23.3 Å². The van der Waals surface area contributed by atoms with Crippen LogP contribution in [0.5, 0.6) is 0 Å². The van der Waals surface area contributed by atoms with E-state index in [4.69, 9.17) is 0 Å². The number of thioether (sulfide) groups is 1. The van der Waals surface area contributed by atoms with Crippen molar-refractivity contribution in [1.29, 1.82) is 0 Å². The van der Waals surface area contributed by atoms with Crippen molar-refractivity contribution < 1.29 is 0 Å². The first-order valence-corrected chi connectivity index (χ1v) is 7.22. The fraction of sp³-hybridized carbons (Fsp3) is 0.583. The van der Waals surface area contributed by atoms with Crippen LogP contribution in [-0.4, -0.2) is 54.6 Å². The van der Waals surface area contributed by atoms with Crippen molar-refractivity contribution in [3.8, 4) is 0 Å². The van der Waals surface area contributed by atoms with Gasteiger partial charge in [-0.3, -0.25) is 4.90 Å². The molecule has 0 radical (unpaired) electrons. The maximum Gasteiger partial charge on any atom is 0.127 e. The number of pyridine rings is 1. The summed E-state index contributed by atoms with van der Waals surface area (Å²) < 4.78 is 0. The molecular formula is C12H20N4S. The number of anilines is 2. The summed E-state index contributed by atoms with van der Waals surface area (Å²) in [4.78, 5) is 6.71. The molecule has 2 rings (SSSR count). The lowest BCUT2D eigenvalue weighted by Crippen LogP contribution is -2.36. The molecule has 1 fully saturated rings. The molecular weight excluding hydrogens is 232 g/mol. The lowest BCUT2D eigenvalue weighted by Gasteiger charge is -2.26. The first-order chi connectivity index (χ1) is 8.38. The second-order valence-electron chi connectivity index (χ2n) is 4.06. The van der Waals surface area contributed by atoms with Crippen LogP contribution in [0.25, 0.3) is 0 Å². The minimum atomic E-state index is 0.907. The fourth-order valence-electron chi connectivity index (χ4n) is 1.86. The summed E-state index contributed by atoms with van der Waals surface area (Å²) in [6.07, 6.45) is 1.83. The summed E-state index contributed by atoms with van der Waals surface area (Å²) in [5, 5.41) is 6.48. The number of hydrogen-bond acceptors (Lipinski definition) is 5. The molecule has 0 bridgehead atoms. The van der Waals surface area contributed by atoms with Gasteiger partial charge in [0.05, 0.1) is 0 Å². The molecule has 1 aromatic rings. The number of nitrogens with zero attached hydrogens (tertiary/aromatic N) is 2. The fourth-order valence-corrected chi connectivity index (χ4v) is 2.84. The molecule has 1 saturated heterocycles. The summed E-state index contributed by atoms with van der Waals surface area (Å²) in [7, 11) is 1.89. The van der Waals surface area contributed by atoms with Crippen LogP contribution in [-0.2, 0) is 0 Å². The summed E-state index contributed by atoms with van der Waals surface area (Å²) in [5.41, 5.74) is 1.13. The molecule has 1 aliphatic heterocycles. The second-order valence-corrected chi connectivity index (χ2v) is 5.29. The molecule has 0 atom stereocenters. The van der Waals surface area contributed by atoms with Crippen LogP contribution in [0.4, 0.5) is 11.5 Å². The molecule has 1 aliphatic rings. The van der Waals surface area contributed by atoms with Crippen LogP contribution in [0.3, 0.4) is 0 Å². The van der Waals surface area contributed by atoms with E-state index in [1.807, 2.05) is 25.4 Å². The van der Waals surface area contributed by atoms with E-state index in [1.54, 1.807) is 0 Å². The van der Waals surface area contributed by atoms with Gasteiger partial charge < -0.3 is 10.6 Å².